The van der Waals surface area contributed by atoms with Crippen LogP contribution in [0.2, 0.25) is 5.02 Å². The maximum Gasteiger partial charge on any atom is 0.247 e. The van der Waals surface area contributed by atoms with Crippen molar-refractivity contribution in [3.05, 3.63) is 113 Å². The van der Waals surface area contributed by atoms with Crippen molar-refractivity contribution in [2.45, 2.75) is 37.2 Å². The summed E-state index contributed by atoms with van der Waals surface area (Å²) in [6.45, 7) is 6.15. The first-order valence-corrected chi connectivity index (χ1v) is 14.2. The van der Waals surface area contributed by atoms with Crippen molar-refractivity contribution < 1.29 is 18.0 Å². The van der Waals surface area contributed by atoms with Gasteiger partial charge >= 0.3 is 0 Å². The van der Waals surface area contributed by atoms with E-state index in [0.717, 1.165) is 11.1 Å². The lowest BCUT2D eigenvalue weighted by atomic mass is 10.0. The van der Waals surface area contributed by atoms with Crippen LogP contribution in [0.5, 0.6) is 0 Å². The number of benzene rings is 3. The first-order valence-electron chi connectivity index (χ1n) is 12.3. The van der Waals surface area contributed by atoms with Crippen molar-refractivity contribution in [1.82, 2.24) is 14.9 Å². The Morgan fingerprint density at radius 1 is 0.974 bits per heavy atom. The molecule has 3 rings (SSSR count). The Balaban J connectivity index is 1.87. The Morgan fingerprint density at radius 3 is 2.21 bits per heavy atom. The van der Waals surface area contributed by atoms with E-state index in [4.69, 9.17) is 11.6 Å². The fraction of sp³-hybridized carbons (Fsp3) is 0.241. The van der Waals surface area contributed by atoms with Gasteiger partial charge in [-0.15, -0.1) is 6.58 Å². The van der Waals surface area contributed by atoms with Crippen molar-refractivity contribution >= 4 is 33.4 Å². The first kappa shape index (κ1) is 29.1. The number of amides is 2. The summed E-state index contributed by atoms with van der Waals surface area (Å²) in [5.41, 5.74) is 2.33. The van der Waals surface area contributed by atoms with Gasteiger partial charge in [-0.1, -0.05) is 79.2 Å². The van der Waals surface area contributed by atoms with Gasteiger partial charge in [0.1, 0.15) is 6.04 Å². The third-order valence-electron chi connectivity index (χ3n) is 5.88. The summed E-state index contributed by atoms with van der Waals surface area (Å²) in [5.74, 6) is -0.525. The second kappa shape index (κ2) is 13.9. The molecule has 2 N–H and O–H groups in total. The zero-order chi connectivity index (χ0) is 27.5. The van der Waals surface area contributed by atoms with Gasteiger partial charge in [0, 0.05) is 31.1 Å². The number of hydrogen-bond donors (Lipinski definition) is 2. The summed E-state index contributed by atoms with van der Waals surface area (Å²) in [6.07, 6.45) is 2.10. The molecule has 200 valence electrons. The van der Waals surface area contributed by atoms with Gasteiger partial charge in [0.15, 0.2) is 0 Å². The number of sulfonamides is 1. The van der Waals surface area contributed by atoms with Crippen LogP contribution < -0.4 is 10.0 Å². The van der Waals surface area contributed by atoms with Crippen LogP contribution in [0.15, 0.2) is 96.4 Å². The molecule has 0 saturated carbocycles. The van der Waals surface area contributed by atoms with Crippen LogP contribution in [0.1, 0.15) is 36.1 Å². The van der Waals surface area contributed by atoms with E-state index in [1.807, 2.05) is 42.5 Å². The number of halogens is 1. The Kier molecular flexibility index (Phi) is 10.6. The molecule has 3 aromatic carbocycles. The summed E-state index contributed by atoms with van der Waals surface area (Å²) in [5, 5.41) is 3.41. The number of nitrogens with one attached hydrogen (secondary N) is 2. The Morgan fingerprint density at radius 2 is 1.61 bits per heavy atom. The Bertz CT molecular complexity index is 1330. The number of carbonyl (C=O) groups is 2. The zero-order valence-electron chi connectivity index (χ0n) is 21.3. The third-order valence-corrected chi connectivity index (χ3v) is 7.69. The van der Waals surface area contributed by atoms with Crippen LogP contribution in [0, 0.1) is 0 Å². The summed E-state index contributed by atoms with van der Waals surface area (Å²) in [4.78, 5) is 28.7. The van der Waals surface area contributed by atoms with E-state index >= 15 is 0 Å². The van der Waals surface area contributed by atoms with Gasteiger partial charge in [0.25, 0.3) is 0 Å². The highest BCUT2D eigenvalue weighted by atomic mass is 35.5. The molecular formula is C29H32ClN3O4S. The smallest absolute Gasteiger partial charge is 0.247 e. The van der Waals surface area contributed by atoms with Gasteiger partial charge in [0.2, 0.25) is 21.8 Å². The minimum absolute atomic E-state index is 0.130. The van der Waals surface area contributed by atoms with Crippen LogP contribution in [0.25, 0.3) is 0 Å². The van der Waals surface area contributed by atoms with E-state index in [1.165, 1.54) is 12.1 Å². The van der Waals surface area contributed by atoms with Gasteiger partial charge in [0.05, 0.1) is 4.90 Å². The largest absolute Gasteiger partial charge is 0.351 e. The van der Waals surface area contributed by atoms with Crippen molar-refractivity contribution in [2.75, 3.05) is 13.1 Å². The molecule has 0 radical (unpaired) electrons. The van der Waals surface area contributed by atoms with Crippen molar-refractivity contribution in [2.24, 2.45) is 0 Å². The quantitative estimate of drug-likeness (QED) is 0.301. The molecule has 1 atom stereocenters. The average molecular weight is 554 g/mol. The number of aryl methyl sites for hydroxylation is 1. The van der Waals surface area contributed by atoms with Gasteiger partial charge < -0.3 is 10.2 Å². The molecule has 0 aliphatic rings. The Hall–Kier alpha value is -3.46. The predicted octanol–water partition coefficient (Wildman–Crippen LogP) is 4.64. The minimum Gasteiger partial charge on any atom is -0.351 e. The van der Waals surface area contributed by atoms with Gasteiger partial charge in [-0.2, -0.15) is 0 Å². The molecule has 7 nitrogen and oxygen atoms in total. The number of carbonyl (C=O) groups excluding carboxylic acids is 2. The fourth-order valence-corrected chi connectivity index (χ4v) is 5.16. The molecule has 0 fully saturated rings. The highest BCUT2D eigenvalue weighted by Crippen LogP contribution is 2.26. The molecule has 0 aromatic heterocycles. The number of hydrogen-bond acceptors (Lipinski definition) is 4. The zero-order valence-corrected chi connectivity index (χ0v) is 22.8. The third kappa shape index (κ3) is 8.02. The molecule has 38 heavy (non-hydrogen) atoms. The predicted molar refractivity (Wildman–Crippen MR) is 150 cm³/mol. The summed E-state index contributed by atoms with van der Waals surface area (Å²) >= 11 is 6.06. The lowest BCUT2D eigenvalue weighted by Crippen LogP contribution is -2.43. The number of rotatable bonds is 13. The van der Waals surface area contributed by atoms with E-state index in [9.17, 15) is 18.0 Å². The SMILES string of the molecule is C=CCNC(=O)[C@H](c1ccccc1)N(Cc1ccc(Cl)cc1)C(=O)CCc1ccc(S(=O)(=O)NCC)cc1. The maximum absolute atomic E-state index is 13.7. The van der Waals surface area contributed by atoms with E-state index in [1.54, 1.807) is 42.2 Å². The van der Waals surface area contributed by atoms with Crippen LogP contribution >= 0.6 is 11.6 Å². The van der Waals surface area contributed by atoms with Crippen LogP contribution in [0.4, 0.5) is 0 Å². The van der Waals surface area contributed by atoms with Gasteiger partial charge in [-0.05, 0) is 47.4 Å². The van der Waals surface area contributed by atoms with Gasteiger partial charge in [-0.25, -0.2) is 13.1 Å². The topological polar surface area (TPSA) is 95.6 Å². The maximum atomic E-state index is 13.7. The molecule has 3 aromatic rings. The summed E-state index contributed by atoms with van der Waals surface area (Å²) < 4.78 is 26.9. The second-order valence-corrected chi connectivity index (χ2v) is 10.8. The fourth-order valence-electron chi connectivity index (χ4n) is 3.99. The molecule has 0 heterocycles. The molecule has 0 aliphatic heterocycles. The normalized spacial score (nSPS) is 11.9. The van der Waals surface area contributed by atoms with E-state index < -0.39 is 16.1 Å². The van der Waals surface area contributed by atoms with Crippen LogP contribution in [-0.4, -0.2) is 38.2 Å². The second-order valence-electron chi connectivity index (χ2n) is 8.64. The molecular weight excluding hydrogens is 522 g/mol. The monoisotopic (exact) mass is 553 g/mol. The Labute approximate surface area is 229 Å². The highest BCUT2D eigenvalue weighted by molar-refractivity contribution is 7.89. The van der Waals surface area contributed by atoms with Crippen LogP contribution in [-0.2, 0) is 32.6 Å². The molecule has 0 saturated heterocycles. The molecule has 0 spiro atoms. The van der Waals surface area contributed by atoms with E-state index in [0.29, 0.717) is 23.6 Å². The number of nitrogens with zero attached hydrogens (tertiary/aromatic N) is 1. The standard InChI is InChI=1S/C29H32ClN3O4S/c1-3-20-31-29(35)28(24-8-6-5-7-9-24)33(21-23-10-15-25(30)16-11-23)27(34)19-14-22-12-17-26(18-13-22)38(36,37)32-4-2/h3,5-13,15-18,28,32H,1,4,14,19-21H2,2H3,(H,31,35)/t28-/m0/s1. The molecule has 0 bridgehead atoms. The minimum atomic E-state index is -3.55. The summed E-state index contributed by atoms with van der Waals surface area (Å²) in [7, 11) is -3.55. The lowest BCUT2D eigenvalue weighted by molar-refractivity contribution is -0.141. The highest BCUT2D eigenvalue weighted by Gasteiger charge is 2.31. The molecule has 0 unspecified atom stereocenters. The summed E-state index contributed by atoms with van der Waals surface area (Å²) in [6, 6.07) is 21.9. The van der Waals surface area contributed by atoms with E-state index in [-0.39, 0.29) is 36.2 Å². The molecule has 0 aliphatic carbocycles. The molecule has 2 amide bonds. The van der Waals surface area contributed by atoms with E-state index in [2.05, 4.69) is 16.6 Å². The van der Waals surface area contributed by atoms with Crippen molar-refractivity contribution in [3.63, 3.8) is 0 Å². The first-order chi connectivity index (χ1) is 18.2. The molecule has 9 heteroatoms. The van der Waals surface area contributed by atoms with Crippen LogP contribution in [0.3, 0.4) is 0 Å². The van der Waals surface area contributed by atoms with Crippen molar-refractivity contribution in [1.29, 1.82) is 0 Å². The van der Waals surface area contributed by atoms with Gasteiger partial charge in [-0.3, -0.25) is 9.59 Å². The average Bonchev–Trinajstić information content (AvgIpc) is 2.92. The lowest BCUT2D eigenvalue weighted by Gasteiger charge is -2.31. The van der Waals surface area contributed by atoms with Crippen molar-refractivity contribution in [3.8, 4) is 0 Å².